The number of anilines is 1. The van der Waals surface area contributed by atoms with Crippen molar-refractivity contribution in [3.8, 4) is 5.75 Å². The molecule has 1 aliphatic heterocycles. The maximum atomic E-state index is 13.3. The van der Waals surface area contributed by atoms with Crippen LogP contribution < -0.4 is 4.72 Å². The van der Waals surface area contributed by atoms with Gasteiger partial charge < -0.3 is 14.7 Å². The second-order valence-corrected chi connectivity index (χ2v) is 11.4. The molecular formula is C23H23ClN4O7S2. The van der Waals surface area contributed by atoms with E-state index in [2.05, 4.69) is 15.0 Å². The molecule has 3 aromatic rings. The van der Waals surface area contributed by atoms with Crippen LogP contribution in [-0.4, -0.2) is 68.2 Å². The van der Waals surface area contributed by atoms with Gasteiger partial charge in [0.25, 0.3) is 5.91 Å². The average Bonchev–Trinajstić information content (AvgIpc) is 2.88. The number of sulfonamides is 1. The number of aromatic hydroxyl groups is 1. The summed E-state index contributed by atoms with van der Waals surface area (Å²) in [5, 5.41) is 20.2. The lowest BCUT2D eigenvalue weighted by atomic mass is 10.0. The second-order valence-electron chi connectivity index (χ2n) is 8.01. The lowest BCUT2D eigenvalue weighted by Gasteiger charge is -2.27. The van der Waals surface area contributed by atoms with E-state index >= 15 is 0 Å². The van der Waals surface area contributed by atoms with E-state index in [9.17, 15) is 22.5 Å². The van der Waals surface area contributed by atoms with Gasteiger partial charge in [-0.3, -0.25) is 13.7 Å². The number of hydrogen-bond acceptors (Lipinski definition) is 9. The van der Waals surface area contributed by atoms with Gasteiger partial charge in [0.2, 0.25) is 10.0 Å². The molecular weight excluding hydrogens is 544 g/mol. The molecule has 1 aliphatic rings. The Labute approximate surface area is 220 Å². The number of azo groups is 1. The summed E-state index contributed by atoms with van der Waals surface area (Å²) in [6, 6.07) is 10.4. The van der Waals surface area contributed by atoms with Crippen molar-refractivity contribution in [3.63, 3.8) is 0 Å². The van der Waals surface area contributed by atoms with E-state index in [0.717, 1.165) is 6.26 Å². The van der Waals surface area contributed by atoms with Crippen molar-refractivity contribution in [3.05, 3.63) is 53.1 Å². The zero-order valence-electron chi connectivity index (χ0n) is 19.8. The Morgan fingerprint density at radius 2 is 1.92 bits per heavy atom. The van der Waals surface area contributed by atoms with Gasteiger partial charge in [0.1, 0.15) is 5.75 Å². The average molecular weight is 567 g/mol. The van der Waals surface area contributed by atoms with Crippen LogP contribution in [0.25, 0.3) is 10.8 Å². The van der Waals surface area contributed by atoms with Crippen LogP contribution >= 0.6 is 11.6 Å². The molecule has 0 aliphatic carbocycles. The van der Waals surface area contributed by atoms with E-state index in [1.807, 2.05) is 0 Å². The summed E-state index contributed by atoms with van der Waals surface area (Å²) in [7, 11) is -2.42. The quantitative estimate of drug-likeness (QED) is 0.409. The predicted octanol–water partition coefficient (Wildman–Crippen LogP) is 4.13. The molecule has 1 saturated heterocycles. The molecule has 37 heavy (non-hydrogen) atoms. The van der Waals surface area contributed by atoms with Crippen LogP contribution in [0, 0.1) is 0 Å². The molecule has 0 bridgehead atoms. The number of phenolic OH excluding ortho intramolecular Hbond substituents is 1. The smallest absolute Gasteiger partial charge is 0.257 e. The van der Waals surface area contributed by atoms with E-state index in [0.29, 0.717) is 26.3 Å². The standard InChI is InChI=1S/C23H23ClN4O7S2/c1-34-36(31)20-12-14(6-7-17(20)24)25-26-19-13-16(23(30)28-8-10-35-11-9-28)22(29)15-4-3-5-18(21(15)19)27-37(2,32)33/h3-7,12-13,27,29H,8-11H2,1-2H3. The molecule has 2 N–H and O–H groups in total. The molecule has 11 nitrogen and oxygen atoms in total. The maximum absolute atomic E-state index is 13.3. The largest absolute Gasteiger partial charge is 0.506 e. The molecule has 1 fully saturated rings. The first kappa shape index (κ1) is 26.9. The first-order valence-electron chi connectivity index (χ1n) is 10.9. The maximum Gasteiger partial charge on any atom is 0.257 e. The Balaban J connectivity index is 1.89. The number of rotatable bonds is 7. The first-order chi connectivity index (χ1) is 17.6. The van der Waals surface area contributed by atoms with Crippen molar-refractivity contribution in [2.24, 2.45) is 10.2 Å². The first-order valence-corrected chi connectivity index (χ1v) is 14.2. The number of benzene rings is 3. The summed E-state index contributed by atoms with van der Waals surface area (Å²) in [5.41, 5.74) is 0.533. The normalized spacial score (nSPS) is 15.3. The SMILES string of the molecule is COS(=O)c1cc(N=Nc2cc(C(=O)N3CCOCC3)c(O)c3cccc(NS(C)(=O)=O)c23)ccc1Cl. The fourth-order valence-corrected chi connectivity index (χ4v) is 5.29. The van der Waals surface area contributed by atoms with Gasteiger partial charge in [-0.2, -0.15) is 5.11 Å². The fourth-order valence-electron chi connectivity index (χ4n) is 3.79. The summed E-state index contributed by atoms with van der Waals surface area (Å²) in [6.07, 6.45) is 0.994. The molecule has 0 radical (unpaired) electrons. The second kappa shape index (κ2) is 11.1. The highest BCUT2D eigenvalue weighted by Crippen LogP contribution is 2.42. The Hall–Kier alpha value is -3.10. The zero-order chi connectivity index (χ0) is 26.7. The summed E-state index contributed by atoms with van der Waals surface area (Å²) >= 11 is 4.29. The number of morpholine rings is 1. The van der Waals surface area contributed by atoms with Crippen molar-refractivity contribution in [1.82, 2.24) is 4.90 Å². The number of ether oxygens (including phenoxy) is 1. The Morgan fingerprint density at radius 3 is 2.59 bits per heavy atom. The van der Waals surface area contributed by atoms with E-state index in [-0.39, 0.29) is 49.1 Å². The fraction of sp³-hybridized carbons (Fsp3) is 0.261. The van der Waals surface area contributed by atoms with Crippen LogP contribution in [0.5, 0.6) is 5.75 Å². The van der Waals surface area contributed by atoms with Gasteiger partial charge in [-0.1, -0.05) is 23.7 Å². The van der Waals surface area contributed by atoms with Crippen molar-refractivity contribution in [1.29, 1.82) is 0 Å². The molecule has 0 spiro atoms. The lowest BCUT2D eigenvalue weighted by molar-refractivity contribution is 0.0301. The molecule has 0 aromatic heterocycles. The Morgan fingerprint density at radius 1 is 1.19 bits per heavy atom. The number of phenols is 1. The topological polar surface area (TPSA) is 147 Å². The van der Waals surface area contributed by atoms with Gasteiger partial charge in [0, 0.05) is 23.9 Å². The number of nitrogens with one attached hydrogen (secondary N) is 1. The Bertz CT molecular complexity index is 1520. The van der Waals surface area contributed by atoms with Crippen LogP contribution in [0.1, 0.15) is 10.4 Å². The van der Waals surface area contributed by atoms with E-state index in [1.54, 1.807) is 23.1 Å². The molecule has 196 valence electrons. The minimum atomic E-state index is -3.69. The highest BCUT2D eigenvalue weighted by Gasteiger charge is 2.25. The minimum Gasteiger partial charge on any atom is -0.506 e. The molecule has 1 heterocycles. The van der Waals surface area contributed by atoms with E-state index < -0.39 is 27.0 Å². The van der Waals surface area contributed by atoms with Crippen LogP contribution in [-0.2, 0) is 30.0 Å². The third kappa shape index (κ3) is 6.08. The van der Waals surface area contributed by atoms with Crippen LogP contribution in [0.4, 0.5) is 17.1 Å². The van der Waals surface area contributed by atoms with Gasteiger partial charge in [-0.05, 0) is 30.3 Å². The van der Waals surface area contributed by atoms with Crippen LogP contribution in [0.15, 0.2) is 57.6 Å². The molecule has 1 unspecified atom stereocenters. The van der Waals surface area contributed by atoms with Crippen LogP contribution in [0.2, 0.25) is 5.02 Å². The predicted molar refractivity (Wildman–Crippen MR) is 140 cm³/mol. The number of halogens is 1. The van der Waals surface area contributed by atoms with E-state index in [1.165, 1.54) is 31.4 Å². The lowest BCUT2D eigenvalue weighted by Crippen LogP contribution is -2.40. The molecule has 1 amide bonds. The van der Waals surface area contributed by atoms with E-state index in [4.69, 9.17) is 20.5 Å². The molecule has 1 atom stereocenters. The van der Waals surface area contributed by atoms with Gasteiger partial charge in [0.15, 0.2) is 11.1 Å². The van der Waals surface area contributed by atoms with Crippen molar-refractivity contribution < 1.29 is 31.4 Å². The van der Waals surface area contributed by atoms with Gasteiger partial charge >= 0.3 is 0 Å². The number of carbonyl (C=O) groups is 1. The summed E-state index contributed by atoms with van der Waals surface area (Å²) in [5.74, 6) is -0.739. The minimum absolute atomic E-state index is 0.0165. The summed E-state index contributed by atoms with van der Waals surface area (Å²) in [6.45, 7) is 1.45. The molecule has 3 aromatic carbocycles. The van der Waals surface area contributed by atoms with Crippen LogP contribution in [0.3, 0.4) is 0 Å². The number of nitrogens with zero attached hydrogens (tertiary/aromatic N) is 3. The number of amides is 1. The van der Waals surface area contributed by atoms with Crippen molar-refractivity contribution in [2.75, 3.05) is 44.4 Å². The van der Waals surface area contributed by atoms with Gasteiger partial charge in [-0.25, -0.2) is 12.6 Å². The van der Waals surface area contributed by atoms with Gasteiger partial charge in [0.05, 0.1) is 59.1 Å². The van der Waals surface area contributed by atoms with Gasteiger partial charge in [-0.15, -0.1) is 5.11 Å². The third-order valence-electron chi connectivity index (χ3n) is 5.45. The third-order valence-corrected chi connectivity index (χ3v) is 7.49. The summed E-state index contributed by atoms with van der Waals surface area (Å²) < 4.78 is 48.7. The number of fused-ring (bicyclic) bond motifs is 1. The molecule has 0 saturated carbocycles. The summed E-state index contributed by atoms with van der Waals surface area (Å²) in [4.78, 5) is 15.0. The highest BCUT2D eigenvalue weighted by atomic mass is 35.5. The number of hydrogen-bond donors (Lipinski definition) is 2. The highest BCUT2D eigenvalue weighted by molar-refractivity contribution is 7.92. The zero-order valence-corrected chi connectivity index (χ0v) is 22.2. The monoisotopic (exact) mass is 566 g/mol. The number of carbonyl (C=O) groups excluding carboxylic acids is 1. The Kier molecular flexibility index (Phi) is 8.09. The van der Waals surface area contributed by atoms with Crippen molar-refractivity contribution >= 4 is 66.4 Å². The molecule has 14 heteroatoms. The van der Waals surface area contributed by atoms with Crippen molar-refractivity contribution in [2.45, 2.75) is 4.90 Å². The molecule has 4 rings (SSSR count).